The Bertz CT molecular complexity index is 310. The van der Waals surface area contributed by atoms with Crippen LogP contribution >= 0.6 is 0 Å². The SMILES string of the molecule is CCC(NC1CCC(N)C1)c1ccccc1. The van der Waals surface area contributed by atoms with Crippen LogP contribution in [0.3, 0.4) is 0 Å². The second-order valence-electron chi connectivity index (χ2n) is 4.81. The zero-order chi connectivity index (χ0) is 11.4. The molecule has 3 atom stereocenters. The molecule has 0 aliphatic heterocycles. The van der Waals surface area contributed by atoms with Crippen molar-refractivity contribution < 1.29 is 0 Å². The first-order chi connectivity index (χ1) is 7.79. The molecule has 2 heteroatoms. The van der Waals surface area contributed by atoms with Crippen LogP contribution in [-0.4, -0.2) is 12.1 Å². The second-order valence-corrected chi connectivity index (χ2v) is 4.81. The normalized spacial score (nSPS) is 26.9. The highest BCUT2D eigenvalue weighted by atomic mass is 15.0. The van der Waals surface area contributed by atoms with Gasteiger partial charge >= 0.3 is 0 Å². The minimum Gasteiger partial charge on any atom is -0.328 e. The lowest BCUT2D eigenvalue weighted by Gasteiger charge is -2.22. The maximum absolute atomic E-state index is 5.94. The van der Waals surface area contributed by atoms with E-state index in [2.05, 4.69) is 42.6 Å². The van der Waals surface area contributed by atoms with Crippen LogP contribution in [0.25, 0.3) is 0 Å². The number of nitrogens with two attached hydrogens (primary N) is 1. The molecule has 0 heterocycles. The summed E-state index contributed by atoms with van der Waals surface area (Å²) in [5.74, 6) is 0. The van der Waals surface area contributed by atoms with Crippen molar-refractivity contribution >= 4 is 0 Å². The van der Waals surface area contributed by atoms with Gasteiger partial charge in [0, 0.05) is 18.1 Å². The van der Waals surface area contributed by atoms with Gasteiger partial charge in [0.2, 0.25) is 0 Å². The maximum Gasteiger partial charge on any atom is 0.0320 e. The van der Waals surface area contributed by atoms with Gasteiger partial charge in [0.15, 0.2) is 0 Å². The van der Waals surface area contributed by atoms with Crippen molar-refractivity contribution in [3.63, 3.8) is 0 Å². The molecule has 0 amide bonds. The van der Waals surface area contributed by atoms with E-state index in [1.165, 1.54) is 18.4 Å². The molecular weight excluding hydrogens is 196 g/mol. The fourth-order valence-corrected chi connectivity index (χ4v) is 2.59. The minimum absolute atomic E-state index is 0.408. The molecule has 2 rings (SSSR count). The van der Waals surface area contributed by atoms with Gasteiger partial charge in [-0.05, 0) is 31.2 Å². The molecule has 1 fully saturated rings. The third-order valence-corrected chi connectivity index (χ3v) is 3.52. The molecule has 0 saturated heterocycles. The molecule has 16 heavy (non-hydrogen) atoms. The number of hydrogen-bond donors (Lipinski definition) is 2. The Morgan fingerprint density at radius 1 is 1.31 bits per heavy atom. The van der Waals surface area contributed by atoms with Gasteiger partial charge in [0.25, 0.3) is 0 Å². The largest absolute Gasteiger partial charge is 0.328 e. The van der Waals surface area contributed by atoms with E-state index in [1.807, 2.05) is 0 Å². The number of benzene rings is 1. The topological polar surface area (TPSA) is 38.0 Å². The fourth-order valence-electron chi connectivity index (χ4n) is 2.59. The van der Waals surface area contributed by atoms with Crippen molar-refractivity contribution in [1.29, 1.82) is 0 Å². The Morgan fingerprint density at radius 3 is 2.62 bits per heavy atom. The van der Waals surface area contributed by atoms with E-state index in [4.69, 9.17) is 5.73 Å². The summed E-state index contributed by atoms with van der Waals surface area (Å²) in [6.07, 6.45) is 4.66. The Morgan fingerprint density at radius 2 is 2.06 bits per heavy atom. The van der Waals surface area contributed by atoms with Crippen LogP contribution in [0.15, 0.2) is 30.3 Å². The van der Waals surface area contributed by atoms with Crippen LogP contribution in [0, 0.1) is 0 Å². The van der Waals surface area contributed by atoms with Crippen LogP contribution in [0.5, 0.6) is 0 Å². The molecule has 1 saturated carbocycles. The first-order valence-corrected chi connectivity index (χ1v) is 6.36. The summed E-state index contributed by atoms with van der Waals surface area (Å²) in [5.41, 5.74) is 7.33. The summed E-state index contributed by atoms with van der Waals surface area (Å²) in [6.45, 7) is 2.24. The highest BCUT2D eigenvalue weighted by Crippen LogP contribution is 2.23. The predicted octanol–water partition coefficient (Wildman–Crippen LogP) is 2.61. The highest BCUT2D eigenvalue weighted by Gasteiger charge is 2.23. The van der Waals surface area contributed by atoms with Crippen molar-refractivity contribution in [3.8, 4) is 0 Å². The summed E-state index contributed by atoms with van der Waals surface area (Å²) < 4.78 is 0. The zero-order valence-electron chi connectivity index (χ0n) is 10.0. The van der Waals surface area contributed by atoms with Gasteiger partial charge < -0.3 is 11.1 Å². The van der Waals surface area contributed by atoms with Gasteiger partial charge in [-0.3, -0.25) is 0 Å². The number of rotatable bonds is 4. The summed E-state index contributed by atoms with van der Waals surface area (Å²) in [4.78, 5) is 0. The molecular formula is C14H22N2. The number of nitrogens with one attached hydrogen (secondary N) is 1. The van der Waals surface area contributed by atoms with Gasteiger partial charge in [-0.25, -0.2) is 0 Å². The smallest absolute Gasteiger partial charge is 0.0320 e. The summed E-state index contributed by atoms with van der Waals surface area (Å²) in [6, 6.07) is 12.2. The van der Waals surface area contributed by atoms with Crippen LogP contribution in [-0.2, 0) is 0 Å². The summed E-state index contributed by atoms with van der Waals surface area (Å²) in [7, 11) is 0. The van der Waals surface area contributed by atoms with E-state index < -0.39 is 0 Å². The van der Waals surface area contributed by atoms with Crippen molar-refractivity contribution in [2.75, 3.05) is 0 Å². The van der Waals surface area contributed by atoms with E-state index in [9.17, 15) is 0 Å². The monoisotopic (exact) mass is 218 g/mol. The minimum atomic E-state index is 0.408. The Hall–Kier alpha value is -0.860. The standard InChI is InChI=1S/C14H22N2/c1-2-14(11-6-4-3-5-7-11)16-13-9-8-12(15)10-13/h3-7,12-14,16H,2,8-10,15H2,1H3. The van der Waals surface area contributed by atoms with E-state index in [0.29, 0.717) is 18.1 Å². The van der Waals surface area contributed by atoms with Crippen molar-refractivity contribution in [2.24, 2.45) is 5.73 Å². The van der Waals surface area contributed by atoms with Gasteiger partial charge in [-0.2, -0.15) is 0 Å². The van der Waals surface area contributed by atoms with Crippen LogP contribution < -0.4 is 11.1 Å². The summed E-state index contributed by atoms with van der Waals surface area (Å²) in [5, 5.41) is 3.73. The molecule has 3 N–H and O–H groups in total. The Balaban J connectivity index is 1.96. The zero-order valence-corrected chi connectivity index (χ0v) is 10.0. The average Bonchev–Trinajstić information content (AvgIpc) is 2.73. The van der Waals surface area contributed by atoms with E-state index in [0.717, 1.165) is 12.8 Å². The van der Waals surface area contributed by atoms with Gasteiger partial charge in [-0.15, -0.1) is 0 Å². The van der Waals surface area contributed by atoms with Gasteiger partial charge in [0.05, 0.1) is 0 Å². The Labute approximate surface area is 98.2 Å². The van der Waals surface area contributed by atoms with Crippen molar-refractivity contribution in [2.45, 2.75) is 50.7 Å². The Kier molecular flexibility index (Phi) is 3.97. The predicted molar refractivity (Wildman–Crippen MR) is 68.2 cm³/mol. The lowest BCUT2D eigenvalue weighted by atomic mass is 10.0. The fraction of sp³-hybridized carbons (Fsp3) is 0.571. The van der Waals surface area contributed by atoms with E-state index >= 15 is 0 Å². The van der Waals surface area contributed by atoms with Crippen LogP contribution in [0.1, 0.15) is 44.2 Å². The van der Waals surface area contributed by atoms with Crippen LogP contribution in [0.2, 0.25) is 0 Å². The highest BCUT2D eigenvalue weighted by molar-refractivity contribution is 5.19. The molecule has 1 aromatic rings. The maximum atomic E-state index is 5.94. The molecule has 1 aliphatic carbocycles. The van der Waals surface area contributed by atoms with Gasteiger partial charge in [-0.1, -0.05) is 37.3 Å². The molecule has 0 spiro atoms. The van der Waals surface area contributed by atoms with Crippen molar-refractivity contribution in [1.82, 2.24) is 5.32 Å². The van der Waals surface area contributed by atoms with E-state index in [-0.39, 0.29) is 0 Å². The molecule has 3 unspecified atom stereocenters. The molecule has 88 valence electrons. The summed E-state index contributed by atoms with van der Waals surface area (Å²) >= 11 is 0. The second kappa shape index (κ2) is 5.46. The van der Waals surface area contributed by atoms with Crippen LogP contribution in [0.4, 0.5) is 0 Å². The average molecular weight is 218 g/mol. The van der Waals surface area contributed by atoms with Crippen molar-refractivity contribution in [3.05, 3.63) is 35.9 Å². The molecule has 0 bridgehead atoms. The number of hydrogen-bond acceptors (Lipinski definition) is 2. The quantitative estimate of drug-likeness (QED) is 0.815. The molecule has 1 aliphatic rings. The first-order valence-electron chi connectivity index (χ1n) is 6.36. The molecule has 0 radical (unpaired) electrons. The van der Waals surface area contributed by atoms with Gasteiger partial charge in [0.1, 0.15) is 0 Å². The van der Waals surface area contributed by atoms with E-state index in [1.54, 1.807) is 0 Å². The lowest BCUT2D eigenvalue weighted by Crippen LogP contribution is -2.31. The molecule has 2 nitrogen and oxygen atoms in total. The third-order valence-electron chi connectivity index (χ3n) is 3.52. The molecule has 1 aromatic carbocycles. The lowest BCUT2D eigenvalue weighted by molar-refractivity contribution is 0.427. The molecule has 0 aromatic heterocycles. The first kappa shape index (κ1) is 11.6. The third kappa shape index (κ3) is 2.83.